The van der Waals surface area contributed by atoms with E-state index in [0.29, 0.717) is 40.2 Å². The largest absolute Gasteiger partial charge is 0.493 e. The van der Waals surface area contributed by atoms with Crippen molar-refractivity contribution in [3.05, 3.63) is 28.8 Å². The summed E-state index contributed by atoms with van der Waals surface area (Å²) in [6.07, 6.45) is 0.0599. The molecule has 0 spiro atoms. The Balaban J connectivity index is 2.15. The zero-order valence-electron chi connectivity index (χ0n) is 15.0. The van der Waals surface area contributed by atoms with Gasteiger partial charge in [-0.1, -0.05) is 0 Å². The fraction of sp³-hybridized carbons (Fsp3) is 0.353. The molecule has 0 atom stereocenters. The SMILES string of the molecule is CCOC(=O)Cc1csc(NC(=O)c2cc(OC)c(OC)c(OC)c2)n1. The Morgan fingerprint density at radius 2 is 1.77 bits per heavy atom. The molecule has 8 nitrogen and oxygen atoms in total. The summed E-state index contributed by atoms with van der Waals surface area (Å²) in [7, 11) is 4.43. The molecule has 1 amide bonds. The third-order valence-electron chi connectivity index (χ3n) is 3.33. The summed E-state index contributed by atoms with van der Waals surface area (Å²) in [4.78, 5) is 28.2. The molecular formula is C17H20N2O6S. The van der Waals surface area contributed by atoms with Gasteiger partial charge in [-0.15, -0.1) is 11.3 Å². The molecule has 2 rings (SSSR count). The molecule has 1 aromatic carbocycles. The maximum Gasteiger partial charge on any atom is 0.311 e. The second-order valence-electron chi connectivity index (χ2n) is 4.99. The lowest BCUT2D eigenvalue weighted by Crippen LogP contribution is -2.13. The zero-order valence-corrected chi connectivity index (χ0v) is 15.8. The summed E-state index contributed by atoms with van der Waals surface area (Å²) in [5.41, 5.74) is 0.857. The normalized spacial score (nSPS) is 10.2. The average Bonchev–Trinajstić information content (AvgIpc) is 3.06. The Hall–Kier alpha value is -2.81. The average molecular weight is 380 g/mol. The molecule has 0 bridgehead atoms. The number of esters is 1. The number of carbonyl (C=O) groups is 2. The minimum atomic E-state index is -0.388. The first kappa shape index (κ1) is 19.5. The predicted octanol–water partition coefficient (Wildman–Crippen LogP) is 2.53. The fourth-order valence-electron chi connectivity index (χ4n) is 2.19. The smallest absolute Gasteiger partial charge is 0.311 e. The zero-order chi connectivity index (χ0) is 19.1. The molecule has 9 heteroatoms. The molecule has 1 aromatic heterocycles. The topological polar surface area (TPSA) is 96.0 Å². The molecule has 0 aliphatic carbocycles. The summed E-state index contributed by atoms with van der Waals surface area (Å²) in [6, 6.07) is 3.09. The van der Waals surface area contributed by atoms with E-state index in [2.05, 4.69) is 10.3 Å². The van der Waals surface area contributed by atoms with Crippen molar-refractivity contribution in [2.24, 2.45) is 0 Å². The van der Waals surface area contributed by atoms with Crippen LogP contribution in [0.4, 0.5) is 5.13 Å². The van der Waals surface area contributed by atoms with Crippen LogP contribution in [0.1, 0.15) is 23.0 Å². The first-order valence-electron chi connectivity index (χ1n) is 7.73. The molecular weight excluding hydrogens is 360 g/mol. The molecule has 26 heavy (non-hydrogen) atoms. The fourth-order valence-corrected chi connectivity index (χ4v) is 2.89. The third kappa shape index (κ3) is 4.63. The molecule has 140 valence electrons. The van der Waals surface area contributed by atoms with Crippen LogP contribution in [0, 0.1) is 0 Å². The molecule has 0 unspecified atom stereocenters. The van der Waals surface area contributed by atoms with Gasteiger partial charge in [0.1, 0.15) is 0 Å². The van der Waals surface area contributed by atoms with Gasteiger partial charge in [-0.3, -0.25) is 14.9 Å². The molecule has 0 radical (unpaired) electrons. The van der Waals surface area contributed by atoms with E-state index in [9.17, 15) is 9.59 Å². The highest BCUT2D eigenvalue weighted by atomic mass is 32.1. The van der Waals surface area contributed by atoms with Crippen molar-refractivity contribution in [3.63, 3.8) is 0 Å². The molecule has 1 heterocycles. The van der Waals surface area contributed by atoms with Crippen LogP contribution < -0.4 is 19.5 Å². The van der Waals surface area contributed by atoms with Gasteiger partial charge in [0.25, 0.3) is 5.91 Å². The standard InChI is InChI=1S/C17H20N2O6S/c1-5-25-14(20)8-11-9-26-17(18-11)19-16(21)10-6-12(22-2)15(24-4)13(7-10)23-3/h6-7,9H,5,8H2,1-4H3,(H,18,19,21). The molecule has 2 aromatic rings. The van der Waals surface area contributed by atoms with Gasteiger partial charge < -0.3 is 18.9 Å². The second-order valence-corrected chi connectivity index (χ2v) is 5.85. The lowest BCUT2D eigenvalue weighted by Gasteiger charge is -2.13. The number of hydrogen-bond donors (Lipinski definition) is 1. The highest BCUT2D eigenvalue weighted by molar-refractivity contribution is 7.14. The molecule has 1 N–H and O–H groups in total. The van der Waals surface area contributed by atoms with Gasteiger partial charge in [0.15, 0.2) is 16.6 Å². The summed E-state index contributed by atoms with van der Waals surface area (Å²) >= 11 is 1.22. The maximum atomic E-state index is 12.5. The summed E-state index contributed by atoms with van der Waals surface area (Å²) in [5, 5.41) is 4.76. The molecule has 0 aliphatic rings. The lowest BCUT2D eigenvalue weighted by molar-refractivity contribution is -0.142. The third-order valence-corrected chi connectivity index (χ3v) is 4.14. The number of nitrogens with zero attached hydrogens (tertiary/aromatic N) is 1. The van der Waals surface area contributed by atoms with E-state index in [0.717, 1.165) is 0 Å². The van der Waals surface area contributed by atoms with Crippen LogP contribution in [-0.4, -0.2) is 44.8 Å². The van der Waals surface area contributed by atoms with Crippen LogP contribution >= 0.6 is 11.3 Å². The van der Waals surface area contributed by atoms with Crippen molar-refractivity contribution in [3.8, 4) is 17.2 Å². The molecule has 0 saturated heterocycles. The number of aromatic nitrogens is 1. The van der Waals surface area contributed by atoms with Gasteiger partial charge in [-0.25, -0.2) is 4.98 Å². The van der Waals surface area contributed by atoms with Crippen LogP contribution in [-0.2, 0) is 16.0 Å². The van der Waals surface area contributed by atoms with Gasteiger partial charge in [0, 0.05) is 10.9 Å². The van der Waals surface area contributed by atoms with E-state index in [4.69, 9.17) is 18.9 Å². The Morgan fingerprint density at radius 3 is 2.31 bits per heavy atom. The first-order valence-corrected chi connectivity index (χ1v) is 8.61. The van der Waals surface area contributed by atoms with Gasteiger partial charge in [-0.2, -0.15) is 0 Å². The summed E-state index contributed by atoms with van der Waals surface area (Å²) in [5.74, 6) is 0.400. The lowest BCUT2D eigenvalue weighted by atomic mass is 10.1. The van der Waals surface area contributed by atoms with Gasteiger partial charge in [-0.05, 0) is 19.1 Å². The monoisotopic (exact) mass is 380 g/mol. The number of carbonyl (C=O) groups excluding carboxylic acids is 2. The number of methoxy groups -OCH3 is 3. The highest BCUT2D eigenvalue weighted by Gasteiger charge is 2.18. The van der Waals surface area contributed by atoms with Crippen LogP contribution in [0.3, 0.4) is 0 Å². The second kappa shape index (κ2) is 9.04. The Kier molecular flexibility index (Phi) is 6.79. The Labute approximate surface area is 155 Å². The van der Waals surface area contributed by atoms with E-state index in [1.54, 1.807) is 24.4 Å². The Bertz CT molecular complexity index is 764. The molecule has 0 aliphatic heterocycles. The number of ether oxygens (including phenoxy) is 4. The minimum Gasteiger partial charge on any atom is -0.493 e. The number of hydrogen-bond acceptors (Lipinski definition) is 8. The van der Waals surface area contributed by atoms with E-state index in [1.807, 2.05) is 0 Å². The van der Waals surface area contributed by atoms with Crippen molar-refractivity contribution < 1.29 is 28.5 Å². The van der Waals surface area contributed by atoms with E-state index in [1.165, 1.54) is 32.7 Å². The van der Waals surface area contributed by atoms with Crippen LogP contribution in [0.2, 0.25) is 0 Å². The highest BCUT2D eigenvalue weighted by Crippen LogP contribution is 2.38. The van der Waals surface area contributed by atoms with Crippen LogP contribution in [0.15, 0.2) is 17.5 Å². The maximum absolute atomic E-state index is 12.5. The predicted molar refractivity (Wildman–Crippen MR) is 96.5 cm³/mol. The number of anilines is 1. The number of nitrogens with one attached hydrogen (secondary N) is 1. The number of benzene rings is 1. The van der Waals surface area contributed by atoms with Crippen molar-refractivity contribution in [2.45, 2.75) is 13.3 Å². The number of rotatable bonds is 8. The van der Waals surface area contributed by atoms with Crippen LogP contribution in [0.5, 0.6) is 17.2 Å². The van der Waals surface area contributed by atoms with Crippen molar-refractivity contribution in [1.29, 1.82) is 0 Å². The van der Waals surface area contributed by atoms with Crippen molar-refractivity contribution >= 4 is 28.3 Å². The van der Waals surface area contributed by atoms with E-state index >= 15 is 0 Å². The first-order chi connectivity index (χ1) is 12.5. The molecule has 0 saturated carbocycles. The van der Waals surface area contributed by atoms with Crippen molar-refractivity contribution in [1.82, 2.24) is 4.98 Å². The summed E-state index contributed by atoms with van der Waals surface area (Å²) in [6.45, 7) is 2.05. The van der Waals surface area contributed by atoms with E-state index < -0.39 is 0 Å². The van der Waals surface area contributed by atoms with Crippen LogP contribution in [0.25, 0.3) is 0 Å². The van der Waals surface area contributed by atoms with Crippen molar-refractivity contribution in [2.75, 3.05) is 33.3 Å². The quantitative estimate of drug-likeness (QED) is 0.703. The molecule has 0 fully saturated rings. The van der Waals surface area contributed by atoms with Gasteiger partial charge >= 0.3 is 5.97 Å². The Morgan fingerprint density at radius 1 is 1.12 bits per heavy atom. The number of amides is 1. The summed E-state index contributed by atoms with van der Waals surface area (Å²) < 4.78 is 20.6. The van der Waals surface area contributed by atoms with Gasteiger partial charge in [0.05, 0.1) is 40.1 Å². The minimum absolute atomic E-state index is 0.0599. The number of thiazole rings is 1. The van der Waals surface area contributed by atoms with Gasteiger partial charge in [0.2, 0.25) is 5.75 Å². The van der Waals surface area contributed by atoms with E-state index in [-0.39, 0.29) is 18.3 Å².